The van der Waals surface area contributed by atoms with Gasteiger partial charge < -0.3 is 34.0 Å². The van der Waals surface area contributed by atoms with Gasteiger partial charge in [-0.25, -0.2) is 0 Å². The molecule has 0 aromatic rings. The number of carbonyl (C=O) groups is 1. The third kappa shape index (κ3) is 8.67. The van der Waals surface area contributed by atoms with Crippen molar-refractivity contribution in [2.45, 2.75) is 129 Å². The first-order valence-electron chi connectivity index (χ1n) is 17.0. The van der Waals surface area contributed by atoms with Crippen molar-refractivity contribution in [1.82, 2.24) is 5.48 Å². The maximum absolute atomic E-state index is 14.2. The summed E-state index contributed by atoms with van der Waals surface area (Å²) in [6.07, 6.45) is 12.7. The van der Waals surface area contributed by atoms with Crippen molar-refractivity contribution in [1.29, 1.82) is 0 Å². The molecule has 9 nitrogen and oxygen atoms in total. The van der Waals surface area contributed by atoms with Crippen LogP contribution in [0.3, 0.4) is 0 Å². The SMILES string of the molecule is CCC(C[C@@]1(OCC(C)=CC(C)C)CC2C[C@@H](CC=C(C)C[C@@H](C)C=CC=C3COC4[C@H](O)C(C)=CC(C(=O)O2)[C@@]34O)O1)NOC. The van der Waals surface area contributed by atoms with Gasteiger partial charge >= 0.3 is 5.97 Å². The average molecular weight is 644 g/mol. The van der Waals surface area contributed by atoms with E-state index in [-0.39, 0.29) is 24.7 Å². The van der Waals surface area contributed by atoms with Gasteiger partial charge in [0.05, 0.1) is 26.4 Å². The van der Waals surface area contributed by atoms with Crippen molar-refractivity contribution >= 4 is 5.97 Å². The number of esters is 1. The number of allylic oxidation sites excluding steroid dienone is 5. The highest BCUT2D eigenvalue weighted by Crippen LogP contribution is 2.46. The summed E-state index contributed by atoms with van der Waals surface area (Å²) in [6, 6.07) is -0.0625. The minimum atomic E-state index is -1.73. The maximum Gasteiger partial charge on any atom is 0.316 e. The molecule has 9 heteroatoms. The Balaban J connectivity index is 1.75. The number of rotatable bonds is 9. The average Bonchev–Trinajstić information content (AvgIpc) is 3.32. The molecule has 3 aliphatic heterocycles. The van der Waals surface area contributed by atoms with Crippen LogP contribution in [-0.4, -0.2) is 78.4 Å². The van der Waals surface area contributed by atoms with E-state index in [1.807, 2.05) is 12.2 Å². The number of aliphatic hydroxyl groups excluding tert-OH is 1. The Labute approximate surface area is 275 Å². The maximum atomic E-state index is 14.2. The first-order valence-corrected chi connectivity index (χ1v) is 17.0. The first kappa shape index (κ1) is 36.7. The van der Waals surface area contributed by atoms with Gasteiger partial charge in [-0.05, 0) is 63.0 Å². The third-order valence-corrected chi connectivity index (χ3v) is 9.63. The number of ether oxygens (including phenoxy) is 4. The zero-order chi connectivity index (χ0) is 33.6. The predicted octanol–water partition coefficient (Wildman–Crippen LogP) is 5.64. The Morgan fingerprint density at radius 3 is 2.72 bits per heavy atom. The van der Waals surface area contributed by atoms with Gasteiger partial charge in [-0.2, -0.15) is 5.48 Å². The molecule has 0 saturated carbocycles. The summed E-state index contributed by atoms with van der Waals surface area (Å²) in [5.41, 5.74) is 4.83. The van der Waals surface area contributed by atoms with Gasteiger partial charge in [-0.3, -0.25) is 4.79 Å². The molecule has 258 valence electrons. The molecule has 9 atom stereocenters. The number of hydrogen-bond acceptors (Lipinski definition) is 9. The molecule has 3 N–H and O–H groups in total. The van der Waals surface area contributed by atoms with E-state index >= 15 is 0 Å². The summed E-state index contributed by atoms with van der Waals surface area (Å²) >= 11 is 0. The molecule has 2 fully saturated rings. The topological polar surface area (TPSA) is 116 Å². The second-order valence-electron chi connectivity index (χ2n) is 14.3. The van der Waals surface area contributed by atoms with Gasteiger partial charge in [0, 0.05) is 25.3 Å². The minimum absolute atomic E-state index is 0.0625. The lowest BCUT2D eigenvalue weighted by Crippen LogP contribution is -2.58. The van der Waals surface area contributed by atoms with E-state index in [2.05, 4.69) is 65.3 Å². The predicted molar refractivity (Wildman–Crippen MR) is 177 cm³/mol. The molecule has 2 saturated heterocycles. The number of hydroxylamine groups is 1. The standard InChI is InChI=1S/C37H57NO8/c1-9-29(38-42-8)19-36(44-21-26(6)15-23(2)3)20-31-18-30(46-36)14-13-25(5)16-24(4)11-10-12-28-22-43-34-33(39)27(7)17-32(35(40)45-31)37(28,34)41/h10-13,15,17,23-24,29-34,38-39,41H,9,14,16,18-22H2,1-8H3/t24-,29?,30+,31?,32?,33+,34?,36-,37-/m0/s1. The van der Waals surface area contributed by atoms with Crippen LogP contribution in [0.15, 0.2) is 58.7 Å². The fourth-order valence-corrected chi connectivity index (χ4v) is 7.38. The molecule has 3 heterocycles. The fourth-order valence-electron chi connectivity index (χ4n) is 7.38. The fraction of sp³-hybridized carbons (Fsp3) is 0.703. The molecular formula is C37H57NO8. The number of carbonyl (C=O) groups excluding carboxylic acids is 1. The Kier molecular flexibility index (Phi) is 12.7. The largest absolute Gasteiger partial charge is 0.462 e. The van der Waals surface area contributed by atoms with E-state index in [4.69, 9.17) is 23.8 Å². The van der Waals surface area contributed by atoms with Crippen molar-refractivity contribution in [3.05, 3.63) is 58.7 Å². The third-order valence-electron chi connectivity index (χ3n) is 9.63. The summed E-state index contributed by atoms with van der Waals surface area (Å²) < 4.78 is 25.9. The highest BCUT2D eigenvalue weighted by Gasteiger charge is 2.60. The van der Waals surface area contributed by atoms with Crippen molar-refractivity contribution in [2.75, 3.05) is 20.3 Å². The number of hydrogen-bond donors (Lipinski definition) is 3. The van der Waals surface area contributed by atoms with E-state index in [9.17, 15) is 15.0 Å². The highest BCUT2D eigenvalue weighted by molar-refractivity contribution is 5.78. The van der Waals surface area contributed by atoms with E-state index in [0.717, 1.165) is 18.4 Å². The van der Waals surface area contributed by atoms with Crippen LogP contribution in [0.1, 0.15) is 87.0 Å². The molecule has 4 unspecified atom stereocenters. The van der Waals surface area contributed by atoms with Gasteiger partial charge in [0.1, 0.15) is 29.8 Å². The quantitative estimate of drug-likeness (QED) is 0.167. The number of nitrogens with one attached hydrogen (secondary N) is 1. The lowest BCUT2D eigenvalue weighted by molar-refractivity contribution is -0.300. The van der Waals surface area contributed by atoms with Crippen LogP contribution in [0.2, 0.25) is 0 Å². The minimum Gasteiger partial charge on any atom is -0.462 e. The lowest BCUT2D eigenvalue weighted by atomic mass is 9.71. The summed E-state index contributed by atoms with van der Waals surface area (Å²) in [4.78, 5) is 19.5. The Morgan fingerprint density at radius 1 is 1.26 bits per heavy atom. The summed E-state index contributed by atoms with van der Waals surface area (Å²) in [7, 11) is 1.60. The van der Waals surface area contributed by atoms with Crippen molar-refractivity contribution in [2.24, 2.45) is 17.8 Å². The number of aliphatic hydroxyl groups is 2. The first-order chi connectivity index (χ1) is 21.8. The van der Waals surface area contributed by atoms with Crippen LogP contribution < -0.4 is 5.48 Å². The van der Waals surface area contributed by atoms with E-state index < -0.39 is 41.6 Å². The monoisotopic (exact) mass is 643 g/mol. The van der Waals surface area contributed by atoms with Gasteiger partial charge in [-0.15, -0.1) is 0 Å². The Morgan fingerprint density at radius 2 is 2.02 bits per heavy atom. The highest BCUT2D eigenvalue weighted by atomic mass is 16.7. The molecule has 2 bridgehead atoms. The molecule has 0 amide bonds. The summed E-state index contributed by atoms with van der Waals surface area (Å²) in [5, 5.41) is 23.2. The van der Waals surface area contributed by atoms with Crippen molar-refractivity contribution < 1.29 is 38.8 Å². The zero-order valence-electron chi connectivity index (χ0n) is 29.1. The molecular weight excluding hydrogens is 586 g/mol. The van der Waals surface area contributed by atoms with Gasteiger partial charge in [0.25, 0.3) is 0 Å². The summed E-state index contributed by atoms with van der Waals surface area (Å²) in [5.74, 6) is -2.02. The molecule has 1 aliphatic carbocycles. The lowest BCUT2D eigenvalue weighted by Gasteiger charge is -2.46. The molecule has 0 spiro atoms. The molecule has 4 rings (SSSR count). The van der Waals surface area contributed by atoms with Gasteiger partial charge in [-0.1, -0.05) is 75.3 Å². The molecule has 46 heavy (non-hydrogen) atoms. The van der Waals surface area contributed by atoms with E-state index in [1.54, 1.807) is 20.1 Å². The summed E-state index contributed by atoms with van der Waals surface area (Å²) in [6.45, 7) is 14.9. The van der Waals surface area contributed by atoms with E-state index in [0.29, 0.717) is 49.4 Å². The van der Waals surface area contributed by atoms with Crippen molar-refractivity contribution in [3.63, 3.8) is 0 Å². The van der Waals surface area contributed by atoms with Crippen LogP contribution >= 0.6 is 0 Å². The van der Waals surface area contributed by atoms with Crippen LogP contribution in [-0.2, 0) is 28.6 Å². The molecule has 0 aromatic carbocycles. The molecule has 4 aliphatic rings. The zero-order valence-corrected chi connectivity index (χ0v) is 29.1. The molecule has 0 aromatic heterocycles. The smallest absolute Gasteiger partial charge is 0.316 e. The Hall–Kier alpha value is -2.11. The van der Waals surface area contributed by atoms with Crippen LogP contribution in [0.5, 0.6) is 0 Å². The van der Waals surface area contributed by atoms with Gasteiger partial charge in [0.2, 0.25) is 0 Å². The number of fused-ring (bicyclic) bond motifs is 2. The van der Waals surface area contributed by atoms with E-state index in [1.165, 1.54) is 5.57 Å². The molecule has 0 radical (unpaired) electrons. The van der Waals surface area contributed by atoms with Crippen LogP contribution in [0.25, 0.3) is 0 Å². The normalized spacial score (nSPS) is 36.5. The van der Waals surface area contributed by atoms with Crippen LogP contribution in [0, 0.1) is 17.8 Å². The van der Waals surface area contributed by atoms with Crippen LogP contribution in [0.4, 0.5) is 0 Å². The van der Waals surface area contributed by atoms with Crippen molar-refractivity contribution in [3.8, 4) is 0 Å². The van der Waals surface area contributed by atoms with Gasteiger partial charge in [0.15, 0.2) is 5.79 Å². The Bertz CT molecular complexity index is 1220. The second-order valence-corrected chi connectivity index (χ2v) is 14.3. The second kappa shape index (κ2) is 15.9.